The fourth-order valence-corrected chi connectivity index (χ4v) is 3.76. The Morgan fingerprint density at radius 1 is 1.05 bits per heavy atom. The van der Waals surface area contributed by atoms with E-state index in [9.17, 15) is 8.78 Å². The molecule has 1 saturated carbocycles. The van der Waals surface area contributed by atoms with Crippen molar-refractivity contribution in [3.63, 3.8) is 0 Å². The average molecular weight is 294 g/mol. The molecule has 1 aromatic rings. The highest BCUT2D eigenvalue weighted by Gasteiger charge is 2.26. The van der Waals surface area contributed by atoms with E-state index in [0.29, 0.717) is 12.6 Å². The number of halogens is 2. The topological polar surface area (TPSA) is 15.3 Å². The molecule has 1 N–H and O–H groups in total. The van der Waals surface area contributed by atoms with Crippen LogP contribution in [0.25, 0.3) is 0 Å². The van der Waals surface area contributed by atoms with Crippen LogP contribution in [0.2, 0.25) is 0 Å². The summed E-state index contributed by atoms with van der Waals surface area (Å²) in [6, 6.07) is 4.37. The van der Waals surface area contributed by atoms with E-state index < -0.39 is 11.6 Å². The van der Waals surface area contributed by atoms with E-state index in [1.165, 1.54) is 37.8 Å². The molecule has 1 aromatic carbocycles. The minimum Gasteiger partial charge on any atom is -0.315 e. The van der Waals surface area contributed by atoms with Crippen molar-refractivity contribution >= 4 is 0 Å². The van der Waals surface area contributed by atoms with Crippen LogP contribution in [0.1, 0.15) is 37.7 Å². The summed E-state index contributed by atoms with van der Waals surface area (Å²) in [5.41, 5.74) is 0.748. The minimum absolute atomic E-state index is 0.477. The van der Waals surface area contributed by atoms with Gasteiger partial charge in [0.1, 0.15) is 11.6 Å². The quantitative estimate of drug-likeness (QED) is 0.896. The van der Waals surface area contributed by atoms with Gasteiger partial charge < -0.3 is 5.32 Å². The molecule has 0 unspecified atom stereocenters. The summed E-state index contributed by atoms with van der Waals surface area (Å²) in [6.45, 7) is 3.75. The molecule has 0 spiro atoms. The first-order valence-electron chi connectivity index (χ1n) is 8.10. The average Bonchev–Trinajstić information content (AvgIpc) is 3.10. The number of benzene rings is 1. The zero-order valence-electron chi connectivity index (χ0n) is 12.5. The largest absolute Gasteiger partial charge is 0.315 e. The maximum Gasteiger partial charge on any atom is 0.126 e. The van der Waals surface area contributed by atoms with Crippen molar-refractivity contribution in [2.45, 2.75) is 44.7 Å². The summed E-state index contributed by atoms with van der Waals surface area (Å²) in [4.78, 5) is 2.43. The second-order valence-corrected chi connectivity index (χ2v) is 6.50. The van der Waals surface area contributed by atoms with Gasteiger partial charge in [-0.15, -0.1) is 0 Å². The van der Waals surface area contributed by atoms with Crippen LogP contribution in [0.3, 0.4) is 0 Å². The highest BCUT2D eigenvalue weighted by atomic mass is 19.1. The molecule has 116 valence electrons. The van der Waals surface area contributed by atoms with Crippen molar-refractivity contribution in [3.05, 3.63) is 35.4 Å². The van der Waals surface area contributed by atoms with Gasteiger partial charge >= 0.3 is 0 Å². The molecule has 21 heavy (non-hydrogen) atoms. The van der Waals surface area contributed by atoms with E-state index in [4.69, 9.17) is 0 Å². The summed E-state index contributed by atoms with van der Waals surface area (Å²) < 4.78 is 26.8. The van der Waals surface area contributed by atoms with E-state index in [-0.39, 0.29) is 0 Å². The smallest absolute Gasteiger partial charge is 0.126 e. The number of hydrogen-bond acceptors (Lipinski definition) is 2. The summed E-state index contributed by atoms with van der Waals surface area (Å²) in [6.07, 6.45) is 6.39. The first-order valence-corrected chi connectivity index (χ1v) is 8.10. The van der Waals surface area contributed by atoms with Gasteiger partial charge in [0.05, 0.1) is 0 Å². The Hall–Kier alpha value is -1.00. The molecular weight excluding hydrogens is 270 g/mol. The number of nitrogens with zero attached hydrogens (tertiary/aromatic N) is 1. The molecular formula is C17H24F2N2. The van der Waals surface area contributed by atoms with Gasteiger partial charge in [-0.2, -0.15) is 0 Å². The molecule has 0 aromatic heterocycles. The second-order valence-electron chi connectivity index (χ2n) is 6.50. The zero-order valence-corrected chi connectivity index (χ0v) is 12.5. The van der Waals surface area contributed by atoms with Crippen molar-refractivity contribution in [3.8, 4) is 0 Å². The third-order valence-electron chi connectivity index (χ3n) is 4.83. The van der Waals surface area contributed by atoms with Crippen LogP contribution in [0.15, 0.2) is 18.2 Å². The van der Waals surface area contributed by atoms with Crippen molar-refractivity contribution in [1.29, 1.82) is 0 Å². The standard InChI is InChI=1S/C17H24F2N2/c18-15-7-14(8-16(19)9-15)12-21(17-5-6-20-10-17)11-13-3-1-2-4-13/h7-9,13,17,20H,1-6,10-12H2/t17-/m0/s1. The molecule has 0 amide bonds. The van der Waals surface area contributed by atoms with E-state index in [1.807, 2.05) is 0 Å². The molecule has 2 fully saturated rings. The van der Waals surface area contributed by atoms with Crippen molar-refractivity contribution in [2.75, 3.05) is 19.6 Å². The van der Waals surface area contributed by atoms with Crippen LogP contribution in [-0.4, -0.2) is 30.6 Å². The minimum atomic E-state index is -0.477. The lowest BCUT2D eigenvalue weighted by atomic mass is 10.0. The van der Waals surface area contributed by atoms with E-state index in [0.717, 1.165) is 43.6 Å². The van der Waals surface area contributed by atoms with Crippen LogP contribution >= 0.6 is 0 Å². The predicted molar refractivity (Wildman–Crippen MR) is 80.0 cm³/mol. The first-order chi connectivity index (χ1) is 10.2. The normalized spacial score (nSPS) is 23.3. The van der Waals surface area contributed by atoms with Gasteiger partial charge in [-0.3, -0.25) is 4.90 Å². The summed E-state index contributed by atoms with van der Waals surface area (Å²) >= 11 is 0. The number of nitrogens with one attached hydrogen (secondary N) is 1. The van der Waals surface area contributed by atoms with Crippen molar-refractivity contribution in [1.82, 2.24) is 10.2 Å². The maximum atomic E-state index is 13.4. The van der Waals surface area contributed by atoms with Gasteiger partial charge in [0.25, 0.3) is 0 Å². The predicted octanol–water partition coefficient (Wildman–Crippen LogP) is 3.32. The fourth-order valence-electron chi connectivity index (χ4n) is 3.76. The van der Waals surface area contributed by atoms with Crippen molar-refractivity contribution in [2.24, 2.45) is 5.92 Å². The number of hydrogen-bond donors (Lipinski definition) is 1. The zero-order chi connectivity index (χ0) is 14.7. The number of rotatable bonds is 5. The molecule has 4 heteroatoms. The lowest BCUT2D eigenvalue weighted by Crippen LogP contribution is -2.39. The van der Waals surface area contributed by atoms with Crippen LogP contribution in [0.4, 0.5) is 8.78 Å². The van der Waals surface area contributed by atoms with E-state index in [1.54, 1.807) is 0 Å². The van der Waals surface area contributed by atoms with Crippen LogP contribution in [0, 0.1) is 17.6 Å². The monoisotopic (exact) mass is 294 g/mol. The Kier molecular flexibility index (Phi) is 4.86. The van der Waals surface area contributed by atoms with Gasteiger partial charge in [0, 0.05) is 31.7 Å². The third kappa shape index (κ3) is 4.01. The third-order valence-corrected chi connectivity index (χ3v) is 4.83. The van der Waals surface area contributed by atoms with Crippen LogP contribution in [-0.2, 0) is 6.54 Å². The second kappa shape index (κ2) is 6.84. The molecule has 3 rings (SSSR count). The van der Waals surface area contributed by atoms with E-state index in [2.05, 4.69) is 10.2 Å². The lowest BCUT2D eigenvalue weighted by molar-refractivity contribution is 0.168. The Labute approximate surface area is 125 Å². The highest BCUT2D eigenvalue weighted by molar-refractivity contribution is 5.18. The Balaban J connectivity index is 1.70. The van der Waals surface area contributed by atoms with Crippen LogP contribution in [0.5, 0.6) is 0 Å². The Morgan fingerprint density at radius 3 is 2.38 bits per heavy atom. The van der Waals surface area contributed by atoms with Gasteiger partial charge in [-0.1, -0.05) is 12.8 Å². The molecule has 0 radical (unpaired) electrons. The SMILES string of the molecule is Fc1cc(F)cc(CN(CC2CCCC2)[C@H]2CCNC2)c1. The summed E-state index contributed by atoms with van der Waals surface area (Å²) in [5, 5.41) is 3.40. The molecule has 2 aliphatic rings. The van der Waals surface area contributed by atoms with Gasteiger partial charge in [0.2, 0.25) is 0 Å². The highest BCUT2D eigenvalue weighted by Crippen LogP contribution is 2.27. The molecule has 1 aliphatic carbocycles. The summed E-state index contributed by atoms with van der Waals surface area (Å²) in [7, 11) is 0. The molecule has 1 aliphatic heterocycles. The Morgan fingerprint density at radius 2 is 1.76 bits per heavy atom. The Bertz CT molecular complexity index is 446. The first kappa shape index (κ1) is 14.9. The maximum absolute atomic E-state index is 13.4. The molecule has 1 saturated heterocycles. The van der Waals surface area contributed by atoms with Gasteiger partial charge in [-0.25, -0.2) is 8.78 Å². The lowest BCUT2D eigenvalue weighted by Gasteiger charge is -2.31. The van der Waals surface area contributed by atoms with E-state index >= 15 is 0 Å². The molecule has 2 nitrogen and oxygen atoms in total. The van der Waals surface area contributed by atoms with Gasteiger partial charge in [-0.05, 0) is 49.4 Å². The molecule has 1 heterocycles. The molecule has 1 atom stereocenters. The van der Waals surface area contributed by atoms with Gasteiger partial charge in [0.15, 0.2) is 0 Å². The van der Waals surface area contributed by atoms with Crippen LogP contribution < -0.4 is 5.32 Å². The summed E-state index contributed by atoms with van der Waals surface area (Å²) in [5.74, 6) is -0.199. The van der Waals surface area contributed by atoms with Crippen molar-refractivity contribution < 1.29 is 8.78 Å². The fraction of sp³-hybridized carbons (Fsp3) is 0.647. The molecule has 0 bridgehead atoms.